The number of aliphatic carboxylic acids is 1. The van der Waals surface area contributed by atoms with Gasteiger partial charge in [0.2, 0.25) is 0 Å². The van der Waals surface area contributed by atoms with Crippen LogP contribution in [0.4, 0.5) is 4.79 Å². The van der Waals surface area contributed by atoms with Crippen molar-refractivity contribution in [2.75, 3.05) is 6.54 Å². The van der Waals surface area contributed by atoms with Crippen molar-refractivity contribution in [1.82, 2.24) is 4.90 Å². The second-order valence-corrected chi connectivity index (χ2v) is 14.7. The van der Waals surface area contributed by atoms with Gasteiger partial charge in [-0.3, -0.25) is 4.79 Å². The monoisotopic (exact) mass is 569 g/mol. The van der Waals surface area contributed by atoms with Crippen molar-refractivity contribution in [3.63, 3.8) is 0 Å². The highest BCUT2D eigenvalue weighted by Gasteiger charge is 2.69. The molecule has 6 atom stereocenters. The van der Waals surface area contributed by atoms with E-state index in [1.165, 1.54) is 30.4 Å². The fourth-order valence-electron chi connectivity index (χ4n) is 11.1. The van der Waals surface area contributed by atoms with E-state index in [-0.39, 0.29) is 17.6 Å². The van der Waals surface area contributed by atoms with Gasteiger partial charge in [0.25, 0.3) is 0 Å². The molecule has 42 heavy (non-hydrogen) atoms. The summed E-state index contributed by atoms with van der Waals surface area (Å²) in [6.45, 7) is 3.12. The number of carboxylic acid groups (broad SMARTS) is 1. The van der Waals surface area contributed by atoms with Crippen molar-refractivity contribution in [3.05, 3.63) is 65.2 Å². The molecule has 6 heteroatoms. The van der Waals surface area contributed by atoms with Crippen LogP contribution in [-0.2, 0) is 28.0 Å². The van der Waals surface area contributed by atoms with Gasteiger partial charge < -0.3 is 19.5 Å². The van der Waals surface area contributed by atoms with Gasteiger partial charge in [0.15, 0.2) is 0 Å². The summed E-state index contributed by atoms with van der Waals surface area (Å²) in [7, 11) is 0. The average molecular weight is 570 g/mol. The number of benzene rings is 2. The maximum atomic E-state index is 13.4. The first kappa shape index (κ1) is 26.6. The number of nitrogens with zero attached hydrogens (tertiary/aromatic N) is 1. The van der Waals surface area contributed by atoms with E-state index < -0.39 is 17.0 Å². The molecule has 2 aromatic carbocycles. The van der Waals surface area contributed by atoms with Crippen LogP contribution in [-0.4, -0.2) is 40.3 Å². The highest BCUT2D eigenvalue weighted by Crippen LogP contribution is 2.66. The highest BCUT2D eigenvalue weighted by molar-refractivity contribution is 5.77. The van der Waals surface area contributed by atoms with E-state index in [9.17, 15) is 14.7 Å². The maximum absolute atomic E-state index is 13.4. The number of carbonyl (C=O) groups is 2. The minimum Gasteiger partial charge on any atom is -0.486 e. The quantitative estimate of drug-likeness (QED) is 0.415. The summed E-state index contributed by atoms with van der Waals surface area (Å²) in [5, 5.41) is 10.6. The van der Waals surface area contributed by atoms with Gasteiger partial charge in [-0.05, 0) is 111 Å². The van der Waals surface area contributed by atoms with Crippen molar-refractivity contribution in [2.24, 2.45) is 29.1 Å². The molecule has 6 aliphatic carbocycles. The number of piperidine rings is 1. The number of hydrogen-bond acceptors (Lipinski definition) is 4. The van der Waals surface area contributed by atoms with E-state index >= 15 is 0 Å². The van der Waals surface area contributed by atoms with E-state index in [0.29, 0.717) is 36.8 Å². The molecule has 1 heterocycles. The normalized spacial score (nSPS) is 39.3. The van der Waals surface area contributed by atoms with Crippen LogP contribution in [0.3, 0.4) is 0 Å². The molecule has 1 amide bonds. The summed E-state index contributed by atoms with van der Waals surface area (Å²) in [5.74, 6) is 1.94. The predicted molar refractivity (Wildman–Crippen MR) is 158 cm³/mol. The van der Waals surface area contributed by atoms with Gasteiger partial charge >= 0.3 is 12.1 Å². The van der Waals surface area contributed by atoms with Gasteiger partial charge in [0.1, 0.15) is 23.4 Å². The zero-order chi connectivity index (χ0) is 28.7. The zero-order valence-electron chi connectivity index (χ0n) is 24.7. The lowest BCUT2D eigenvalue weighted by Crippen LogP contribution is -2.68. The summed E-state index contributed by atoms with van der Waals surface area (Å²) in [6, 6.07) is 16.7. The lowest BCUT2D eigenvalue weighted by atomic mass is 9.43. The van der Waals surface area contributed by atoms with Gasteiger partial charge in [0.05, 0.1) is 0 Å². The predicted octanol–water partition coefficient (Wildman–Crippen LogP) is 7.13. The largest absolute Gasteiger partial charge is 0.486 e. The topological polar surface area (TPSA) is 76.1 Å². The molecule has 3 unspecified atom stereocenters. The fourth-order valence-corrected chi connectivity index (χ4v) is 11.1. The van der Waals surface area contributed by atoms with Crippen molar-refractivity contribution in [3.8, 4) is 5.75 Å². The summed E-state index contributed by atoms with van der Waals surface area (Å²) >= 11 is 0. The Kier molecular flexibility index (Phi) is 6.01. The third-order valence-electron chi connectivity index (χ3n) is 12.9. The molecule has 1 saturated heterocycles. The number of ether oxygens (including phenoxy) is 2. The van der Waals surface area contributed by atoms with Crippen molar-refractivity contribution in [2.45, 2.75) is 101 Å². The van der Waals surface area contributed by atoms with Crippen molar-refractivity contribution < 1.29 is 24.2 Å². The zero-order valence-corrected chi connectivity index (χ0v) is 24.7. The molecule has 222 valence electrons. The molecule has 5 saturated carbocycles. The van der Waals surface area contributed by atoms with Gasteiger partial charge in [-0.1, -0.05) is 49.2 Å². The molecule has 0 radical (unpaired) electrons. The molecule has 2 aromatic rings. The van der Waals surface area contributed by atoms with E-state index in [4.69, 9.17) is 9.47 Å². The molecule has 6 fully saturated rings. The van der Waals surface area contributed by atoms with E-state index in [2.05, 4.69) is 25.1 Å². The third kappa shape index (κ3) is 3.75. The van der Waals surface area contributed by atoms with Crippen molar-refractivity contribution >= 4 is 12.1 Å². The average Bonchev–Trinajstić information content (AvgIpc) is 2.99. The number of carbonyl (C=O) groups excluding carboxylic acids is 1. The Hall–Kier alpha value is -3.02. The number of fused-ring (bicyclic) bond motifs is 1. The molecule has 6 nitrogen and oxygen atoms in total. The molecule has 0 aromatic heterocycles. The van der Waals surface area contributed by atoms with Crippen LogP contribution in [0.1, 0.15) is 87.8 Å². The van der Waals surface area contributed by atoms with Crippen LogP contribution in [0.25, 0.3) is 0 Å². The Labute approximate surface area is 248 Å². The molecular weight excluding hydrogens is 526 g/mol. The van der Waals surface area contributed by atoms with Crippen LogP contribution >= 0.6 is 0 Å². The van der Waals surface area contributed by atoms with E-state index in [0.717, 1.165) is 62.7 Å². The van der Waals surface area contributed by atoms with Gasteiger partial charge in [-0.2, -0.15) is 0 Å². The molecule has 1 aliphatic heterocycles. The molecule has 1 N–H and O–H groups in total. The minimum atomic E-state index is -0.792. The van der Waals surface area contributed by atoms with E-state index in [1.54, 1.807) is 0 Å². The molecule has 6 bridgehead atoms. The molecular formula is C36H43NO5. The first-order valence-corrected chi connectivity index (χ1v) is 16.3. The lowest BCUT2D eigenvalue weighted by molar-refractivity contribution is -0.219. The SMILES string of the molecule is CC1(Oc2ccc3c(c2)[C@@]24CCCC[C@H]2[C@@H](C3)N(C(=O)OCc2ccccc2)CC4)C2CC3CC(C2)CC1(C(=O)O)C3. The molecule has 7 aliphatic rings. The highest BCUT2D eigenvalue weighted by atomic mass is 16.6. The first-order valence-electron chi connectivity index (χ1n) is 16.3. The Morgan fingerprint density at radius 2 is 1.79 bits per heavy atom. The Morgan fingerprint density at radius 1 is 1.00 bits per heavy atom. The number of amides is 1. The van der Waals surface area contributed by atoms with Crippen LogP contribution in [0.2, 0.25) is 0 Å². The number of hydrogen-bond donors (Lipinski definition) is 1. The number of carboxylic acids is 1. The Bertz CT molecular complexity index is 1390. The Balaban J connectivity index is 1.09. The standard InChI is InChI=1S/C36H43NO5/c1-34(27-16-24-15-25(17-27)21-36(34,20-24)32(38)39)42-28-11-10-26-18-31-29-9-5-6-12-35(29,30(26)19-28)13-14-37(31)33(40)41-22-23-7-3-2-4-8-23/h2-4,7-8,10-11,19,24-25,27,29,31H,5-6,9,12-18,20-22H2,1H3,(H,38,39)/t24?,25?,27?,29-,31+,34?,35+,36?/m0/s1. The first-order chi connectivity index (χ1) is 20.3. The van der Waals surface area contributed by atoms with Gasteiger partial charge in [-0.25, -0.2) is 4.79 Å². The number of likely N-dealkylation sites (tertiary alicyclic amines) is 1. The van der Waals surface area contributed by atoms with Gasteiger partial charge in [-0.15, -0.1) is 0 Å². The maximum Gasteiger partial charge on any atom is 0.410 e. The molecule has 9 rings (SSSR count). The summed E-state index contributed by atoms with van der Waals surface area (Å²) < 4.78 is 12.8. The second-order valence-electron chi connectivity index (χ2n) is 14.7. The smallest absolute Gasteiger partial charge is 0.410 e. The molecule has 0 spiro atoms. The minimum absolute atomic E-state index is 0.0432. The van der Waals surface area contributed by atoms with Crippen LogP contribution in [0.5, 0.6) is 5.75 Å². The lowest BCUT2D eigenvalue weighted by Gasteiger charge is -2.63. The summed E-state index contributed by atoms with van der Waals surface area (Å²) in [5.41, 5.74) is 2.28. The van der Waals surface area contributed by atoms with Crippen LogP contribution in [0.15, 0.2) is 48.5 Å². The second kappa shape index (κ2) is 9.49. The summed E-state index contributed by atoms with van der Waals surface area (Å²) in [6.07, 6.45) is 11.1. The fraction of sp³-hybridized carbons (Fsp3) is 0.611. The number of rotatable bonds is 5. The summed E-state index contributed by atoms with van der Waals surface area (Å²) in [4.78, 5) is 28.3. The van der Waals surface area contributed by atoms with Gasteiger partial charge in [0, 0.05) is 23.9 Å². The Morgan fingerprint density at radius 3 is 2.55 bits per heavy atom. The van der Waals surface area contributed by atoms with Crippen LogP contribution < -0.4 is 4.74 Å². The third-order valence-corrected chi connectivity index (χ3v) is 12.9. The van der Waals surface area contributed by atoms with Crippen LogP contribution in [0, 0.1) is 29.1 Å². The van der Waals surface area contributed by atoms with E-state index in [1.807, 2.05) is 35.2 Å². The van der Waals surface area contributed by atoms with Crippen molar-refractivity contribution in [1.29, 1.82) is 0 Å².